The first-order valence-electron chi connectivity index (χ1n) is 7.27. The summed E-state index contributed by atoms with van der Waals surface area (Å²) in [5.74, 6) is -0.169. The van der Waals surface area contributed by atoms with Crippen LogP contribution >= 0.6 is 12.4 Å². The maximum absolute atomic E-state index is 12.0. The Morgan fingerprint density at radius 1 is 1.32 bits per heavy atom. The molecule has 5 nitrogen and oxygen atoms in total. The zero-order valence-electron chi connectivity index (χ0n) is 12.8. The summed E-state index contributed by atoms with van der Waals surface area (Å²) in [6.07, 6.45) is 2.22. The fourth-order valence-corrected chi connectivity index (χ4v) is 3.38. The minimum Gasteiger partial charge on any atom is -0.350 e. The molecule has 0 radical (unpaired) electrons. The van der Waals surface area contributed by atoms with Crippen molar-refractivity contribution in [1.82, 2.24) is 10.6 Å². The van der Waals surface area contributed by atoms with E-state index < -0.39 is 15.1 Å². The van der Waals surface area contributed by atoms with Gasteiger partial charge in [0.25, 0.3) is 5.91 Å². The van der Waals surface area contributed by atoms with Gasteiger partial charge in [-0.1, -0.05) is 0 Å². The minimum atomic E-state index is -3.29. The normalized spacial score (nSPS) is 18.0. The van der Waals surface area contributed by atoms with Gasteiger partial charge < -0.3 is 10.6 Å². The van der Waals surface area contributed by atoms with Crippen molar-refractivity contribution in [2.24, 2.45) is 0 Å². The third-order valence-electron chi connectivity index (χ3n) is 3.74. The lowest BCUT2D eigenvalue weighted by Crippen LogP contribution is -2.37. The Morgan fingerprint density at radius 3 is 2.45 bits per heavy atom. The number of carbonyl (C=O) groups excluding carboxylic acids is 1. The molecule has 1 heterocycles. The van der Waals surface area contributed by atoms with Gasteiger partial charge in [0, 0.05) is 18.2 Å². The van der Waals surface area contributed by atoms with Crippen LogP contribution in [0.15, 0.2) is 29.2 Å². The Labute approximate surface area is 138 Å². The van der Waals surface area contributed by atoms with Gasteiger partial charge in [-0.05, 0) is 57.5 Å². The van der Waals surface area contributed by atoms with Crippen LogP contribution in [-0.2, 0) is 9.84 Å². The summed E-state index contributed by atoms with van der Waals surface area (Å²) in [4.78, 5) is 12.3. The van der Waals surface area contributed by atoms with E-state index in [0.29, 0.717) is 18.2 Å². The van der Waals surface area contributed by atoms with Crippen LogP contribution in [-0.4, -0.2) is 38.7 Å². The maximum atomic E-state index is 12.0. The van der Waals surface area contributed by atoms with Crippen molar-refractivity contribution in [3.63, 3.8) is 0 Å². The predicted molar refractivity (Wildman–Crippen MR) is 89.4 cm³/mol. The van der Waals surface area contributed by atoms with Crippen LogP contribution in [0.2, 0.25) is 0 Å². The van der Waals surface area contributed by atoms with Crippen LogP contribution in [0.25, 0.3) is 0 Å². The lowest BCUT2D eigenvalue weighted by molar-refractivity contribution is 0.0950. The molecule has 1 aliphatic rings. The summed E-state index contributed by atoms with van der Waals surface area (Å²) in [5.41, 5.74) is 0.482. The monoisotopic (exact) mass is 346 g/mol. The molecule has 2 N–H and O–H groups in total. The molecule has 7 heteroatoms. The van der Waals surface area contributed by atoms with Crippen molar-refractivity contribution in [3.05, 3.63) is 29.8 Å². The van der Waals surface area contributed by atoms with E-state index >= 15 is 0 Å². The second-order valence-electron chi connectivity index (χ2n) is 5.62. The molecule has 0 saturated carbocycles. The molecule has 1 aromatic rings. The molecule has 1 saturated heterocycles. The van der Waals surface area contributed by atoms with Crippen molar-refractivity contribution in [3.8, 4) is 0 Å². The molecule has 2 rings (SSSR count). The third-order valence-corrected chi connectivity index (χ3v) is 5.91. The molecule has 1 aliphatic heterocycles. The predicted octanol–water partition coefficient (Wildman–Crippen LogP) is 1.77. The van der Waals surface area contributed by atoms with Crippen molar-refractivity contribution in [2.45, 2.75) is 42.9 Å². The van der Waals surface area contributed by atoms with Crippen LogP contribution in [0.5, 0.6) is 0 Å². The highest BCUT2D eigenvalue weighted by atomic mass is 35.5. The van der Waals surface area contributed by atoms with Gasteiger partial charge in [0.15, 0.2) is 9.84 Å². The molecule has 1 amide bonds. The maximum Gasteiger partial charge on any atom is 0.251 e. The largest absolute Gasteiger partial charge is 0.350 e. The number of amides is 1. The van der Waals surface area contributed by atoms with Crippen LogP contribution in [0, 0.1) is 0 Å². The van der Waals surface area contributed by atoms with Gasteiger partial charge in [0.2, 0.25) is 0 Å². The molecule has 22 heavy (non-hydrogen) atoms. The zero-order valence-corrected chi connectivity index (χ0v) is 14.5. The third kappa shape index (κ3) is 4.44. The van der Waals surface area contributed by atoms with Crippen LogP contribution in [0.4, 0.5) is 0 Å². The van der Waals surface area contributed by atoms with E-state index in [1.54, 1.807) is 26.0 Å². The summed E-state index contributed by atoms with van der Waals surface area (Å²) >= 11 is 0. The van der Waals surface area contributed by atoms with Gasteiger partial charge in [-0.3, -0.25) is 4.79 Å². The number of rotatable bonds is 5. The fourth-order valence-electron chi connectivity index (χ4n) is 2.32. The Bertz CT molecular complexity index is 594. The smallest absolute Gasteiger partial charge is 0.251 e. The number of hydrogen-bond donors (Lipinski definition) is 2. The van der Waals surface area contributed by atoms with Crippen molar-refractivity contribution >= 4 is 28.2 Å². The highest BCUT2D eigenvalue weighted by Crippen LogP contribution is 2.16. The van der Waals surface area contributed by atoms with E-state index in [2.05, 4.69) is 10.6 Å². The fraction of sp³-hybridized carbons (Fsp3) is 0.533. The molecule has 1 atom stereocenters. The Morgan fingerprint density at radius 2 is 1.95 bits per heavy atom. The number of nitrogens with one attached hydrogen (secondary N) is 2. The Balaban J connectivity index is 0.00000242. The highest BCUT2D eigenvalue weighted by molar-refractivity contribution is 7.92. The van der Waals surface area contributed by atoms with Crippen molar-refractivity contribution in [2.75, 3.05) is 13.1 Å². The average Bonchev–Trinajstić information content (AvgIpc) is 2.98. The Hall–Kier alpha value is -1.11. The second kappa shape index (κ2) is 7.94. The number of benzene rings is 1. The van der Waals surface area contributed by atoms with Crippen molar-refractivity contribution in [1.29, 1.82) is 0 Å². The zero-order chi connectivity index (χ0) is 15.5. The first-order chi connectivity index (χ1) is 9.91. The van der Waals surface area contributed by atoms with Gasteiger partial charge in [-0.2, -0.15) is 0 Å². The minimum absolute atomic E-state index is 0. The molecule has 0 aliphatic carbocycles. The summed E-state index contributed by atoms with van der Waals surface area (Å²) in [6, 6.07) is 6.46. The van der Waals surface area contributed by atoms with E-state index in [1.165, 1.54) is 12.1 Å². The average molecular weight is 347 g/mol. The van der Waals surface area contributed by atoms with E-state index in [1.807, 2.05) is 0 Å². The number of carbonyl (C=O) groups is 1. The topological polar surface area (TPSA) is 75.3 Å². The van der Waals surface area contributed by atoms with Gasteiger partial charge in [0.1, 0.15) is 0 Å². The molecular formula is C15H23ClN2O3S. The van der Waals surface area contributed by atoms with Crippen LogP contribution < -0.4 is 10.6 Å². The number of halogens is 1. The van der Waals surface area contributed by atoms with Gasteiger partial charge in [-0.15, -0.1) is 12.4 Å². The van der Waals surface area contributed by atoms with Gasteiger partial charge >= 0.3 is 0 Å². The quantitative estimate of drug-likeness (QED) is 0.852. The van der Waals surface area contributed by atoms with Crippen LogP contribution in [0.1, 0.15) is 37.0 Å². The van der Waals surface area contributed by atoms with Gasteiger partial charge in [-0.25, -0.2) is 8.42 Å². The van der Waals surface area contributed by atoms with E-state index in [9.17, 15) is 13.2 Å². The summed E-state index contributed by atoms with van der Waals surface area (Å²) < 4.78 is 24.0. The molecule has 1 aromatic carbocycles. The van der Waals surface area contributed by atoms with E-state index in [4.69, 9.17) is 0 Å². The van der Waals surface area contributed by atoms with E-state index in [-0.39, 0.29) is 23.2 Å². The van der Waals surface area contributed by atoms with Gasteiger partial charge in [0.05, 0.1) is 10.1 Å². The number of hydrogen-bond acceptors (Lipinski definition) is 4. The molecule has 0 spiro atoms. The molecule has 1 unspecified atom stereocenters. The second-order valence-corrected chi connectivity index (χ2v) is 8.13. The summed E-state index contributed by atoms with van der Waals surface area (Å²) in [6.45, 7) is 4.89. The van der Waals surface area contributed by atoms with E-state index in [0.717, 1.165) is 19.4 Å². The molecule has 0 bridgehead atoms. The molecular weight excluding hydrogens is 324 g/mol. The van der Waals surface area contributed by atoms with Crippen molar-refractivity contribution < 1.29 is 13.2 Å². The standard InChI is InChI=1S/C15H22N2O3S.ClH/c1-11(2)21(19,20)14-7-5-12(6-8-14)15(18)17-10-13-4-3-9-16-13;/h5-8,11,13,16H,3-4,9-10H2,1-2H3,(H,17,18);1H. The summed E-state index contributed by atoms with van der Waals surface area (Å²) in [7, 11) is -3.29. The number of sulfone groups is 1. The molecule has 1 fully saturated rings. The first-order valence-corrected chi connectivity index (χ1v) is 8.81. The van der Waals surface area contributed by atoms with Crippen LogP contribution in [0.3, 0.4) is 0 Å². The highest BCUT2D eigenvalue weighted by Gasteiger charge is 2.20. The first kappa shape index (κ1) is 18.9. The molecule has 0 aromatic heterocycles. The molecule has 124 valence electrons. The Kier molecular flexibility index (Phi) is 6.84. The SMILES string of the molecule is CC(C)S(=O)(=O)c1ccc(C(=O)NCC2CCCN2)cc1.Cl. The lowest BCUT2D eigenvalue weighted by Gasteiger charge is -2.12. The lowest BCUT2D eigenvalue weighted by atomic mass is 10.2. The summed E-state index contributed by atoms with van der Waals surface area (Å²) in [5, 5.41) is 5.71.